The van der Waals surface area contributed by atoms with Crippen LogP contribution >= 0.6 is 0 Å². The Morgan fingerprint density at radius 3 is 2.87 bits per heavy atom. The quantitative estimate of drug-likeness (QED) is 0.788. The van der Waals surface area contributed by atoms with E-state index in [0.29, 0.717) is 12.1 Å². The largest absolute Gasteiger partial charge is 0.311 e. The second-order valence-electron chi connectivity index (χ2n) is 4.31. The molecule has 0 aliphatic carbocycles. The van der Waals surface area contributed by atoms with Gasteiger partial charge in [-0.15, -0.1) is 0 Å². The molecule has 82 valence electrons. The van der Waals surface area contributed by atoms with Gasteiger partial charge in [-0.2, -0.15) is 0 Å². The van der Waals surface area contributed by atoms with Gasteiger partial charge >= 0.3 is 0 Å². The molecule has 0 bridgehead atoms. The highest BCUT2D eigenvalue weighted by Gasteiger charge is 2.23. The summed E-state index contributed by atoms with van der Waals surface area (Å²) in [6.07, 6.45) is 3.73. The Balaban J connectivity index is 1.99. The first-order chi connectivity index (χ1) is 7.27. The Bertz CT molecular complexity index is 299. The third-order valence-corrected chi connectivity index (χ3v) is 3.30. The average molecular weight is 205 g/mol. The Kier molecular flexibility index (Phi) is 3.34. The van der Waals surface area contributed by atoms with Gasteiger partial charge in [-0.3, -0.25) is 9.88 Å². The van der Waals surface area contributed by atoms with Crippen molar-refractivity contribution in [3.8, 4) is 0 Å². The molecule has 1 aromatic heterocycles. The van der Waals surface area contributed by atoms with Gasteiger partial charge in [0.2, 0.25) is 0 Å². The fourth-order valence-electron chi connectivity index (χ4n) is 2.07. The van der Waals surface area contributed by atoms with Gasteiger partial charge in [0, 0.05) is 44.1 Å². The van der Waals surface area contributed by atoms with E-state index in [1.807, 2.05) is 12.4 Å². The van der Waals surface area contributed by atoms with Crippen LogP contribution in [0.1, 0.15) is 19.4 Å². The molecule has 0 saturated carbocycles. The molecule has 0 aromatic carbocycles. The van der Waals surface area contributed by atoms with Gasteiger partial charge in [-0.25, -0.2) is 0 Å². The summed E-state index contributed by atoms with van der Waals surface area (Å²) in [5, 5.41) is 3.49. The first-order valence-electron chi connectivity index (χ1n) is 5.63. The second kappa shape index (κ2) is 4.73. The normalized spacial score (nSPS) is 27.9. The molecule has 1 aliphatic heterocycles. The van der Waals surface area contributed by atoms with Crippen LogP contribution in [0.2, 0.25) is 0 Å². The van der Waals surface area contributed by atoms with Crippen LogP contribution in [0.5, 0.6) is 0 Å². The van der Waals surface area contributed by atoms with Crippen LogP contribution in [0, 0.1) is 0 Å². The highest BCUT2D eigenvalue weighted by Crippen LogP contribution is 2.12. The van der Waals surface area contributed by atoms with Crippen molar-refractivity contribution in [2.45, 2.75) is 32.5 Å². The van der Waals surface area contributed by atoms with Crippen molar-refractivity contribution in [3.05, 3.63) is 30.1 Å². The van der Waals surface area contributed by atoms with E-state index in [2.05, 4.69) is 41.2 Å². The summed E-state index contributed by atoms with van der Waals surface area (Å²) in [5.41, 5.74) is 1.35. The zero-order valence-corrected chi connectivity index (χ0v) is 9.48. The minimum absolute atomic E-state index is 0.584. The maximum atomic E-state index is 4.04. The lowest BCUT2D eigenvalue weighted by molar-refractivity contribution is 0.131. The molecule has 1 aromatic rings. The minimum Gasteiger partial charge on any atom is -0.311 e. The molecule has 15 heavy (non-hydrogen) atoms. The second-order valence-corrected chi connectivity index (χ2v) is 4.31. The van der Waals surface area contributed by atoms with Crippen LogP contribution in [0.15, 0.2) is 24.5 Å². The molecule has 2 heterocycles. The number of hydrogen-bond acceptors (Lipinski definition) is 3. The smallest absolute Gasteiger partial charge is 0.0271 e. The van der Waals surface area contributed by atoms with Crippen LogP contribution in [-0.4, -0.2) is 35.1 Å². The van der Waals surface area contributed by atoms with Crippen LogP contribution in [0.4, 0.5) is 0 Å². The first-order valence-corrected chi connectivity index (χ1v) is 5.63. The number of nitrogens with zero attached hydrogens (tertiary/aromatic N) is 2. The van der Waals surface area contributed by atoms with Crippen molar-refractivity contribution in [2.75, 3.05) is 13.1 Å². The Hall–Kier alpha value is -0.930. The van der Waals surface area contributed by atoms with Crippen molar-refractivity contribution >= 4 is 0 Å². The van der Waals surface area contributed by atoms with Gasteiger partial charge in [0.25, 0.3) is 0 Å². The molecule has 2 atom stereocenters. The number of pyridine rings is 1. The lowest BCUT2D eigenvalue weighted by atomic mass is 10.1. The summed E-state index contributed by atoms with van der Waals surface area (Å²) in [7, 11) is 0. The number of aromatic nitrogens is 1. The van der Waals surface area contributed by atoms with Gasteiger partial charge in [-0.1, -0.05) is 0 Å². The number of piperazine rings is 1. The van der Waals surface area contributed by atoms with Crippen LogP contribution in [0.3, 0.4) is 0 Å². The van der Waals surface area contributed by atoms with E-state index in [4.69, 9.17) is 0 Å². The third-order valence-electron chi connectivity index (χ3n) is 3.30. The molecule has 2 unspecified atom stereocenters. The highest BCUT2D eigenvalue weighted by molar-refractivity contribution is 5.10. The molecule has 1 aliphatic rings. The first kappa shape index (κ1) is 10.6. The number of hydrogen-bond donors (Lipinski definition) is 1. The van der Waals surface area contributed by atoms with E-state index in [-0.39, 0.29) is 0 Å². The van der Waals surface area contributed by atoms with Gasteiger partial charge in [-0.05, 0) is 31.5 Å². The molecular weight excluding hydrogens is 186 g/mol. The Labute approximate surface area is 91.5 Å². The SMILES string of the molecule is CC1NCCN(Cc2ccncc2)C1C. The van der Waals surface area contributed by atoms with E-state index in [9.17, 15) is 0 Å². The monoisotopic (exact) mass is 205 g/mol. The molecule has 3 heteroatoms. The number of nitrogens with one attached hydrogen (secondary N) is 1. The molecule has 0 spiro atoms. The average Bonchev–Trinajstić information content (AvgIpc) is 2.26. The molecule has 1 saturated heterocycles. The van der Waals surface area contributed by atoms with Gasteiger partial charge in [0.05, 0.1) is 0 Å². The van der Waals surface area contributed by atoms with E-state index < -0.39 is 0 Å². The fraction of sp³-hybridized carbons (Fsp3) is 0.583. The van der Waals surface area contributed by atoms with Gasteiger partial charge in [0.1, 0.15) is 0 Å². The molecule has 1 fully saturated rings. The van der Waals surface area contributed by atoms with E-state index in [0.717, 1.165) is 19.6 Å². The van der Waals surface area contributed by atoms with Crippen LogP contribution in [0.25, 0.3) is 0 Å². The summed E-state index contributed by atoms with van der Waals surface area (Å²) in [6.45, 7) is 7.81. The zero-order chi connectivity index (χ0) is 10.7. The van der Waals surface area contributed by atoms with E-state index >= 15 is 0 Å². The standard InChI is InChI=1S/C12H19N3/c1-10-11(2)15(8-7-14-10)9-12-3-5-13-6-4-12/h3-6,10-11,14H,7-9H2,1-2H3. The highest BCUT2D eigenvalue weighted by atomic mass is 15.2. The van der Waals surface area contributed by atoms with E-state index in [1.165, 1.54) is 5.56 Å². The van der Waals surface area contributed by atoms with Crippen molar-refractivity contribution in [1.29, 1.82) is 0 Å². The van der Waals surface area contributed by atoms with Crippen LogP contribution < -0.4 is 5.32 Å². The molecule has 2 rings (SSSR count). The minimum atomic E-state index is 0.584. The van der Waals surface area contributed by atoms with Gasteiger partial charge in [0.15, 0.2) is 0 Å². The molecule has 0 amide bonds. The molecule has 0 radical (unpaired) electrons. The number of rotatable bonds is 2. The predicted octanol–water partition coefficient (Wildman–Crippen LogP) is 1.26. The summed E-state index contributed by atoms with van der Waals surface area (Å²) >= 11 is 0. The Morgan fingerprint density at radius 1 is 1.40 bits per heavy atom. The zero-order valence-electron chi connectivity index (χ0n) is 9.48. The van der Waals surface area contributed by atoms with Crippen molar-refractivity contribution < 1.29 is 0 Å². The predicted molar refractivity (Wildman–Crippen MR) is 61.6 cm³/mol. The third kappa shape index (κ3) is 2.55. The Morgan fingerprint density at radius 2 is 2.13 bits per heavy atom. The maximum Gasteiger partial charge on any atom is 0.0271 e. The summed E-state index contributed by atoms with van der Waals surface area (Å²) in [4.78, 5) is 6.57. The maximum absolute atomic E-state index is 4.04. The van der Waals surface area contributed by atoms with Gasteiger partial charge < -0.3 is 5.32 Å². The van der Waals surface area contributed by atoms with E-state index in [1.54, 1.807) is 0 Å². The molecule has 1 N–H and O–H groups in total. The topological polar surface area (TPSA) is 28.2 Å². The molecule has 3 nitrogen and oxygen atoms in total. The van der Waals surface area contributed by atoms with Crippen molar-refractivity contribution in [3.63, 3.8) is 0 Å². The summed E-state index contributed by atoms with van der Waals surface area (Å²) < 4.78 is 0. The van der Waals surface area contributed by atoms with Crippen molar-refractivity contribution in [2.24, 2.45) is 0 Å². The lowest BCUT2D eigenvalue weighted by Crippen LogP contribution is -2.54. The summed E-state index contributed by atoms with van der Waals surface area (Å²) in [6, 6.07) is 5.38. The summed E-state index contributed by atoms with van der Waals surface area (Å²) in [5.74, 6) is 0. The molecular formula is C12H19N3. The fourth-order valence-corrected chi connectivity index (χ4v) is 2.07. The lowest BCUT2D eigenvalue weighted by Gasteiger charge is -2.38. The van der Waals surface area contributed by atoms with Crippen LogP contribution in [-0.2, 0) is 6.54 Å². The van der Waals surface area contributed by atoms with Crippen molar-refractivity contribution in [1.82, 2.24) is 15.2 Å².